The third-order valence-corrected chi connectivity index (χ3v) is 6.06. The zero-order chi connectivity index (χ0) is 28.2. The number of hydrogen-bond acceptors (Lipinski definition) is 10. The number of primary amides is 1. The van der Waals surface area contributed by atoms with Gasteiger partial charge >= 0.3 is 6.09 Å². The summed E-state index contributed by atoms with van der Waals surface area (Å²) in [5.74, 6) is -2.71. The average molecular weight is 550 g/mol. The number of rotatable bonds is 7. The maximum Gasteiger partial charge on any atom is 0.408 e. The monoisotopic (exact) mass is 549 g/mol. The number of carbonyl (C=O) groups is 2. The van der Waals surface area contributed by atoms with Crippen LogP contribution in [0, 0.1) is 11.6 Å². The van der Waals surface area contributed by atoms with Crippen LogP contribution in [0.1, 0.15) is 37.6 Å². The summed E-state index contributed by atoms with van der Waals surface area (Å²) in [7, 11) is 0. The lowest BCUT2D eigenvalue weighted by Crippen LogP contribution is -2.53. The van der Waals surface area contributed by atoms with Crippen LogP contribution in [-0.2, 0) is 14.2 Å². The molecule has 2 atom stereocenters. The zero-order valence-electron chi connectivity index (χ0n) is 22.1. The van der Waals surface area contributed by atoms with Gasteiger partial charge in [-0.25, -0.2) is 23.5 Å². The molecule has 212 valence electrons. The normalized spacial score (nSPS) is 19.8. The molecule has 2 aromatic rings. The summed E-state index contributed by atoms with van der Waals surface area (Å²) < 4.78 is 46.6. The van der Waals surface area contributed by atoms with Crippen LogP contribution in [-0.4, -0.2) is 79.2 Å². The molecule has 0 aromatic carbocycles. The topological polar surface area (TPSA) is 153 Å². The number of nitrogens with one attached hydrogen (secondary N) is 3. The van der Waals surface area contributed by atoms with Crippen molar-refractivity contribution in [1.29, 1.82) is 0 Å². The van der Waals surface area contributed by atoms with Crippen LogP contribution < -0.4 is 26.6 Å². The van der Waals surface area contributed by atoms with Crippen LogP contribution in [0.2, 0.25) is 0 Å². The smallest absolute Gasteiger partial charge is 0.408 e. The molecular weight excluding hydrogens is 516 g/mol. The van der Waals surface area contributed by atoms with Gasteiger partial charge in [0.25, 0.3) is 5.91 Å². The maximum atomic E-state index is 15.4. The second-order valence-corrected chi connectivity index (χ2v) is 10.2. The number of morpholine rings is 1. The number of anilines is 4. The van der Waals surface area contributed by atoms with Gasteiger partial charge in [-0.05, 0) is 39.3 Å². The van der Waals surface area contributed by atoms with Crippen LogP contribution >= 0.6 is 0 Å². The van der Waals surface area contributed by atoms with Crippen molar-refractivity contribution < 1.29 is 32.6 Å². The molecule has 2 aromatic heterocycles. The highest BCUT2D eigenvalue weighted by atomic mass is 19.1. The van der Waals surface area contributed by atoms with Crippen molar-refractivity contribution >= 4 is 35.1 Å². The van der Waals surface area contributed by atoms with E-state index in [2.05, 4.69) is 25.9 Å². The standard InChI is InChI=1S/C25H33F2N7O5/c1-25(2,3)39-24(36)32-18-13-38-9-5-16(18)30-22-15(26)12-14(20(28)35)21(33-22)31-17-4-6-29-23(19(17)27)34-7-10-37-11-8-34/h4,6,12,16,18H,5,7-11,13H2,1-3H3,(H2,28,35)(H,32,36)(H2,29,30,31,33)/t16-,18+/m1/s1. The number of amides is 2. The van der Waals surface area contributed by atoms with Crippen LogP contribution in [0.15, 0.2) is 18.3 Å². The molecule has 2 aliphatic heterocycles. The summed E-state index contributed by atoms with van der Waals surface area (Å²) in [6.45, 7) is 7.55. The highest BCUT2D eigenvalue weighted by Gasteiger charge is 2.31. The molecule has 0 saturated carbocycles. The number of pyridine rings is 2. The molecule has 12 nitrogen and oxygen atoms in total. The number of aromatic nitrogens is 2. The highest BCUT2D eigenvalue weighted by Crippen LogP contribution is 2.29. The molecule has 0 unspecified atom stereocenters. The Hall–Kier alpha value is -3.78. The average Bonchev–Trinajstić information content (AvgIpc) is 2.87. The van der Waals surface area contributed by atoms with Gasteiger partial charge in [0, 0.05) is 25.9 Å². The highest BCUT2D eigenvalue weighted by molar-refractivity contribution is 5.98. The number of ether oxygens (including phenoxy) is 3. The van der Waals surface area contributed by atoms with E-state index in [9.17, 15) is 9.59 Å². The van der Waals surface area contributed by atoms with Gasteiger partial charge in [0.2, 0.25) is 0 Å². The van der Waals surface area contributed by atoms with Gasteiger partial charge in [-0.15, -0.1) is 0 Å². The summed E-state index contributed by atoms with van der Waals surface area (Å²) in [6.07, 6.45) is 1.19. The summed E-state index contributed by atoms with van der Waals surface area (Å²) in [6, 6.07) is 1.26. The van der Waals surface area contributed by atoms with Crippen molar-refractivity contribution in [3.63, 3.8) is 0 Å². The van der Waals surface area contributed by atoms with Gasteiger partial charge in [-0.1, -0.05) is 0 Å². The number of nitrogens with two attached hydrogens (primary N) is 1. The Morgan fingerprint density at radius 2 is 1.87 bits per heavy atom. The molecule has 0 spiro atoms. The van der Waals surface area contributed by atoms with Gasteiger partial charge in [-0.2, -0.15) is 0 Å². The third kappa shape index (κ3) is 7.20. The van der Waals surface area contributed by atoms with Crippen molar-refractivity contribution in [2.75, 3.05) is 55.1 Å². The fourth-order valence-corrected chi connectivity index (χ4v) is 4.21. The van der Waals surface area contributed by atoms with Crippen LogP contribution in [0.3, 0.4) is 0 Å². The Labute approximate surface area is 224 Å². The largest absolute Gasteiger partial charge is 0.444 e. The van der Waals surface area contributed by atoms with Gasteiger partial charge < -0.3 is 40.8 Å². The van der Waals surface area contributed by atoms with Crippen molar-refractivity contribution in [1.82, 2.24) is 15.3 Å². The van der Waals surface area contributed by atoms with Crippen molar-refractivity contribution in [3.8, 4) is 0 Å². The molecule has 4 heterocycles. The lowest BCUT2D eigenvalue weighted by Gasteiger charge is -2.33. The Bertz CT molecular complexity index is 1200. The number of alkyl carbamates (subject to hydrolysis) is 1. The van der Waals surface area contributed by atoms with Gasteiger partial charge in [-0.3, -0.25) is 4.79 Å². The van der Waals surface area contributed by atoms with E-state index in [1.165, 1.54) is 12.3 Å². The Balaban J connectivity index is 1.58. The van der Waals surface area contributed by atoms with Crippen LogP contribution in [0.5, 0.6) is 0 Å². The molecule has 5 N–H and O–H groups in total. The first-order chi connectivity index (χ1) is 18.5. The van der Waals surface area contributed by atoms with E-state index in [0.717, 1.165) is 6.07 Å². The molecular formula is C25H33F2N7O5. The second kappa shape index (κ2) is 11.9. The lowest BCUT2D eigenvalue weighted by molar-refractivity contribution is 0.0317. The van der Waals surface area contributed by atoms with E-state index in [1.807, 2.05) is 0 Å². The fraction of sp³-hybridized carbons (Fsp3) is 0.520. The summed E-state index contributed by atoms with van der Waals surface area (Å²) in [5.41, 5.74) is 4.48. The first-order valence-corrected chi connectivity index (χ1v) is 12.6. The quantitative estimate of drug-likeness (QED) is 0.405. The molecule has 2 amide bonds. The van der Waals surface area contributed by atoms with E-state index in [4.69, 9.17) is 19.9 Å². The van der Waals surface area contributed by atoms with Crippen LogP contribution in [0.4, 0.5) is 36.7 Å². The molecule has 2 aliphatic rings. The van der Waals surface area contributed by atoms with Gasteiger partial charge in [0.15, 0.2) is 23.3 Å². The Morgan fingerprint density at radius 3 is 2.56 bits per heavy atom. The molecule has 4 rings (SSSR count). The summed E-state index contributed by atoms with van der Waals surface area (Å²) in [4.78, 5) is 34.5. The number of halogens is 2. The second-order valence-electron chi connectivity index (χ2n) is 10.2. The van der Waals surface area contributed by atoms with Gasteiger partial charge in [0.1, 0.15) is 11.4 Å². The number of hydrogen-bond donors (Lipinski definition) is 4. The molecule has 2 fully saturated rings. The van der Waals surface area contributed by atoms with E-state index in [1.54, 1.807) is 25.7 Å². The number of nitrogens with zero attached hydrogens (tertiary/aromatic N) is 3. The summed E-state index contributed by atoms with van der Waals surface area (Å²) in [5, 5.41) is 8.49. The molecule has 0 radical (unpaired) electrons. The fourth-order valence-electron chi connectivity index (χ4n) is 4.21. The molecule has 39 heavy (non-hydrogen) atoms. The summed E-state index contributed by atoms with van der Waals surface area (Å²) >= 11 is 0. The maximum absolute atomic E-state index is 15.4. The van der Waals surface area contributed by atoms with Gasteiger partial charge in [0.05, 0.1) is 43.2 Å². The number of carbonyl (C=O) groups excluding carboxylic acids is 2. The molecule has 0 aliphatic carbocycles. The Morgan fingerprint density at radius 1 is 1.13 bits per heavy atom. The lowest BCUT2D eigenvalue weighted by atomic mass is 10.0. The zero-order valence-corrected chi connectivity index (χ0v) is 22.1. The molecule has 0 bridgehead atoms. The van der Waals surface area contributed by atoms with E-state index < -0.39 is 41.3 Å². The molecule has 14 heteroatoms. The minimum Gasteiger partial charge on any atom is -0.444 e. The Kier molecular flexibility index (Phi) is 8.65. The first kappa shape index (κ1) is 28.2. The van der Waals surface area contributed by atoms with Crippen molar-refractivity contribution in [2.45, 2.75) is 44.9 Å². The SMILES string of the molecule is CC(C)(C)OC(=O)N[C@H]1COCC[C@H]1Nc1nc(Nc2ccnc(N3CCOCC3)c2F)c(C(N)=O)cc1F. The van der Waals surface area contributed by atoms with E-state index >= 15 is 8.78 Å². The van der Waals surface area contributed by atoms with Crippen molar-refractivity contribution in [2.24, 2.45) is 5.73 Å². The predicted molar refractivity (Wildman–Crippen MR) is 139 cm³/mol. The first-order valence-electron chi connectivity index (χ1n) is 12.6. The van der Waals surface area contributed by atoms with E-state index in [0.29, 0.717) is 39.3 Å². The molecule has 2 saturated heterocycles. The van der Waals surface area contributed by atoms with Crippen LogP contribution in [0.25, 0.3) is 0 Å². The van der Waals surface area contributed by atoms with E-state index in [-0.39, 0.29) is 35.3 Å². The van der Waals surface area contributed by atoms with Crippen molar-refractivity contribution in [3.05, 3.63) is 35.5 Å². The predicted octanol–water partition coefficient (Wildman–Crippen LogP) is 2.53. The minimum atomic E-state index is -0.950. The third-order valence-electron chi connectivity index (χ3n) is 6.06. The minimum absolute atomic E-state index is 0.0189.